The first-order valence-corrected chi connectivity index (χ1v) is 10.0. The van der Waals surface area contributed by atoms with Gasteiger partial charge in [-0.3, -0.25) is 9.79 Å². The van der Waals surface area contributed by atoms with Crippen LogP contribution in [-0.4, -0.2) is 37.0 Å². The first kappa shape index (κ1) is 21.2. The number of rotatable bonds is 7. The number of hydrogen-bond donors (Lipinski definition) is 3. The first-order chi connectivity index (χ1) is 12.9. The Bertz CT molecular complexity index is 799. The zero-order valence-electron chi connectivity index (χ0n) is 16.1. The molecule has 0 spiro atoms. The summed E-state index contributed by atoms with van der Waals surface area (Å²) < 4.78 is 0. The molecule has 8 heteroatoms. The molecule has 146 valence electrons. The van der Waals surface area contributed by atoms with Crippen molar-refractivity contribution in [1.82, 2.24) is 15.6 Å². The van der Waals surface area contributed by atoms with E-state index < -0.39 is 0 Å². The van der Waals surface area contributed by atoms with Gasteiger partial charge in [0.2, 0.25) is 5.91 Å². The molecule has 3 N–H and O–H groups in total. The number of aromatic nitrogens is 1. The molecule has 0 radical (unpaired) electrons. The molecule has 0 saturated heterocycles. The Balaban J connectivity index is 1.71. The lowest BCUT2D eigenvalue weighted by molar-refractivity contribution is -0.116. The number of aliphatic imine (C=N–C) groups is 1. The van der Waals surface area contributed by atoms with Crippen LogP contribution in [0, 0.1) is 20.8 Å². The Labute approximate surface area is 169 Å². The second-order valence-corrected chi connectivity index (χ2v) is 7.83. The number of aryl methyl sites for hydroxylation is 2. The maximum Gasteiger partial charge on any atom is 0.226 e. The van der Waals surface area contributed by atoms with Crippen molar-refractivity contribution < 1.29 is 4.79 Å². The number of nitrogens with zero attached hydrogens (tertiary/aromatic N) is 2. The Morgan fingerprint density at radius 1 is 1.22 bits per heavy atom. The summed E-state index contributed by atoms with van der Waals surface area (Å²) in [6, 6.07) is 5.47. The smallest absolute Gasteiger partial charge is 0.226 e. The lowest BCUT2D eigenvalue weighted by Crippen LogP contribution is -2.39. The molecule has 1 aromatic heterocycles. The van der Waals surface area contributed by atoms with Crippen LogP contribution in [0.5, 0.6) is 0 Å². The molecule has 1 aromatic carbocycles. The molecule has 0 aliphatic heterocycles. The van der Waals surface area contributed by atoms with Crippen molar-refractivity contribution in [1.29, 1.82) is 0 Å². The summed E-state index contributed by atoms with van der Waals surface area (Å²) in [6.45, 7) is 7.22. The van der Waals surface area contributed by atoms with Gasteiger partial charge in [0.05, 0.1) is 10.7 Å². The van der Waals surface area contributed by atoms with Crippen LogP contribution in [0.3, 0.4) is 0 Å². The molecule has 0 bridgehead atoms. The van der Waals surface area contributed by atoms with Crippen molar-refractivity contribution in [2.24, 2.45) is 4.99 Å². The summed E-state index contributed by atoms with van der Waals surface area (Å²) in [6.07, 6.45) is 1.17. The van der Waals surface area contributed by atoms with E-state index in [1.54, 1.807) is 24.5 Å². The molecule has 1 amide bonds. The minimum Gasteiger partial charge on any atom is -0.356 e. The molecule has 0 fully saturated rings. The van der Waals surface area contributed by atoms with Crippen molar-refractivity contribution in [2.45, 2.75) is 33.6 Å². The van der Waals surface area contributed by atoms with Gasteiger partial charge in [0, 0.05) is 48.6 Å². The summed E-state index contributed by atoms with van der Waals surface area (Å²) >= 11 is 7.80. The third kappa shape index (κ3) is 6.52. The normalized spacial score (nSPS) is 11.4. The minimum atomic E-state index is -0.0722. The van der Waals surface area contributed by atoms with E-state index in [-0.39, 0.29) is 5.91 Å². The monoisotopic (exact) mass is 407 g/mol. The largest absolute Gasteiger partial charge is 0.356 e. The molecular weight excluding hydrogens is 382 g/mol. The summed E-state index contributed by atoms with van der Waals surface area (Å²) in [5.41, 5.74) is 2.70. The highest BCUT2D eigenvalue weighted by molar-refractivity contribution is 7.11. The molecule has 0 atom stereocenters. The number of nitrogens with one attached hydrogen (secondary N) is 3. The summed E-state index contributed by atoms with van der Waals surface area (Å²) in [7, 11) is 1.71. The predicted octanol–water partition coefficient (Wildman–Crippen LogP) is 3.46. The zero-order chi connectivity index (χ0) is 19.8. The topological polar surface area (TPSA) is 78.4 Å². The van der Waals surface area contributed by atoms with Crippen LogP contribution in [0.4, 0.5) is 5.69 Å². The highest BCUT2D eigenvalue weighted by Gasteiger charge is 2.08. The van der Waals surface area contributed by atoms with E-state index in [1.807, 2.05) is 26.0 Å². The standard InChI is InChI=1S/C19H26ClN5OS/c1-12-15(20)6-5-7-16(12)25-17(26)8-10-22-19(21-4)23-11-9-18-24-13(2)14(3)27-18/h5-7H,8-11H2,1-4H3,(H,25,26)(H2,21,22,23). The summed E-state index contributed by atoms with van der Waals surface area (Å²) in [5.74, 6) is 0.601. The van der Waals surface area contributed by atoms with Gasteiger partial charge >= 0.3 is 0 Å². The first-order valence-electron chi connectivity index (χ1n) is 8.83. The third-order valence-electron chi connectivity index (χ3n) is 4.11. The number of amides is 1. The Morgan fingerprint density at radius 2 is 1.96 bits per heavy atom. The maximum atomic E-state index is 12.1. The molecule has 0 unspecified atom stereocenters. The minimum absolute atomic E-state index is 0.0722. The Hall–Kier alpha value is -2.12. The van der Waals surface area contributed by atoms with Gasteiger partial charge in [0.15, 0.2) is 5.96 Å². The van der Waals surface area contributed by atoms with Crippen molar-refractivity contribution in [3.05, 3.63) is 44.4 Å². The highest BCUT2D eigenvalue weighted by Crippen LogP contribution is 2.22. The highest BCUT2D eigenvalue weighted by atomic mass is 35.5. The van der Waals surface area contributed by atoms with Crippen LogP contribution in [0.25, 0.3) is 0 Å². The van der Waals surface area contributed by atoms with Gasteiger partial charge in [-0.25, -0.2) is 4.98 Å². The summed E-state index contributed by atoms with van der Waals surface area (Å²) in [5, 5.41) is 11.0. The van der Waals surface area contributed by atoms with Gasteiger partial charge in [-0.1, -0.05) is 17.7 Å². The number of guanidine groups is 1. The molecule has 1 heterocycles. The number of anilines is 1. The Morgan fingerprint density at radius 3 is 2.63 bits per heavy atom. The molecule has 2 rings (SSSR count). The number of carbonyl (C=O) groups is 1. The van der Waals surface area contributed by atoms with Crippen molar-refractivity contribution >= 4 is 40.5 Å². The summed E-state index contributed by atoms with van der Waals surface area (Å²) in [4.78, 5) is 22.1. The number of carbonyl (C=O) groups excluding carboxylic acids is 1. The van der Waals surface area contributed by atoms with Crippen LogP contribution < -0.4 is 16.0 Å². The fraction of sp³-hybridized carbons (Fsp3) is 0.421. The number of thiazole rings is 1. The SMILES string of the molecule is CN=C(NCCC(=O)Nc1cccc(Cl)c1C)NCCc1nc(C)c(C)s1. The van der Waals surface area contributed by atoms with Crippen molar-refractivity contribution in [3.63, 3.8) is 0 Å². The average Bonchev–Trinajstić information content (AvgIpc) is 2.95. The lowest BCUT2D eigenvalue weighted by atomic mass is 10.2. The second kappa shape index (κ2) is 10.3. The molecule has 0 saturated carbocycles. The van der Waals surface area contributed by atoms with E-state index in [0.29, 0.717) is 23.9 Å². The van der Waals surface area contributed by atoms with Gasteiger partial charge in [0.25, 0.3) is 0 Å². The van der Waals surface area contributed by atoms with E-state index in [2.05, 4.69) is 32.9 Å². The van der Waals surface area contributed by atoms with Gasteiger partial charge < -0.3 is 16.0 Å². The Kier molecular flexibility index (Phi) is 8.06. The fourth-order valence-corrected chi connectivity index (χ4v) is 3.51. The van der Waals surface area contributed by atoms with Gasteiger partial charge in [-0.2, -0.15) is 0 Å². The van der Waals surface area contributed by atoms with Crippen LogP contribution in [-0.2, 0) is 11.2 Å². The van der Waals surface area contributed by atoms with Crippen LogP contribution >= 0.6 is 22.9 Å². The number of halogens is 1. The molecule has 0 aliphatic carbocycles. The van der Waals surface area contributed by atoms with Crippen molar-refractivity contribution in [2.75, 3.05) is 25.5 Å². The predicted molar refractivity (Wildman–Crippen MR) is 114 cm³/mol. The average molecular weight is 408 g/mol. The molecule has 6 nitrogen and oxygen atoms in total. The molecule has 2 aromatic rings. The zero-order valence-corrected chi connectivity index (χ0v) is 17.7. The molecule has 27 heavy (non-hydrogen) atoms. The quantitative estimate of drug-likeness (QED) is 0.485. The lowest BCUT2D eigenvalue weighted by Gasteiger charge is -2.12. The number of benzene rings is 1. The maximum absolute atomic E-state index is 12.1. The third-order valence-corrected chi connectivity index (χ3v) is 5.66. The molecular formula is C19H26ClN5OS. The molecule has 0 aliphatic rings. The van der Waals surface area contributed by atoms with E-state index in [4.69, 9.17) is 11.6 Å². The second-order valence-electron chi connectivity index (χ2n) is 6.14. The van der Waals surface area contributed by atoms with Crippen LogP contribution in [0.15, 0.2) is 23.2 Å². The van der Waals surface area contributed by atoms with Gasteiger partial charge in [-0.15, -0.1) is 11.3 Å². The number of hydrogen-bond acceptors (Lipinski definition) is 4. The van der Waals surface area contributed by atoms with Crippen LogP contribution in [0.1, 0.15) is 27.6 Å². The van der Waals surface area contributed by atoms with Gasteiger partial charge in [0.1, 0.15) is 0 Å². The van der Waals surface area contributed by atoms with E-state index in [1.165, 1.54) is 4.88 Å². The van der Waals surface area contributed by atoms with Crippen LogP contribution in [0.2, 0.25) is 5.02 Å². The van der Waals surface area contributed by atoms with E-state index >= 15 is 0 Å². The van der Waals surface area contributed by atoms with E-state index in [0.717, 1.165) is 34.9 Å². The van der Waals surface area contributed by atoms with Gasteiger partial charge in [-0.05, 0) is 38.5 Å². The van der Waals surface area contributed by atoms with Crippen molar-refractivity contribution in [3.8, 4) is 0 Å². The fourth-order valence-electron chi connectivity index (χ4n) is 2.40. The van der Waals surface area contributed by atoms with E-state index in [9.17, 15) is 4.79 Å².